The lowest BCUT2D eigenvalue weighted by molar-refractivity contribution is -0.140. The van der Waals surface area contributed by atoms with Crippen LogP contribution in [0.4, 0.5) is 10.5 Å². The molecule has 39 heavy (non-hydrogen) atoms. The number of alkyl carbamates (subject to hydrolysis) is 1. The van der Waals surface area contributed by atoms with Gasteiger partial charge < -0.3 is 26.0 Å². The monoisotopic (exact) mass is 555 g/mol. The van der Waals surface area contributed by atoms with Gasteiger partial charge in [-0.3, -0.25) is 14.4 Å². The maximum atomic E-state index is 13.9. The highest BCUT2D eigenvalue weighted by Gasteiger charge is 2.36. The van der Waals surface area contributed by atoms with Crippen LogP contribution in [-0.4, -0.2) is 46.9 Å². The number of nitriles is 1. The molecule has 2 atom stereocenters. The summed E-state index contributed by atoms with van der Waals surface area (Å²) in [5.41, 5.74) is 6.85. The number of hydrogen-bond acceptors (Lipinski definition) is 6. The van der Waals surface area contributed by atoms with Gasteiger partial charge in [-0.05, 0) is 58.2 Å². The fraction of sp³-hybridized carbons (Fsp3) is 0.393. The zero-order valence-electron chi connectivity index (χ0n) is 22.7. The Morgan fingerprint density at radius 2 is 1.74 bits per heavy atom. The van der Waals surface area contributed by atoms with E-state index >= 15 is 0 Å². The van der Waals surface area contributed by atoms with Crippen molar-refractivity contribution in [3.8, 4) is 6.07 Å². The van der Waals surface area contributed by atoms with Gasteiger partial charge in [0.1, 0.15) is 24.2 Å². The number of para-hydroxylation sites is 1. The van der Waals surface area contributed by atoms with E-state index in [-0.39, 0.29) is 12.8 Å². The lowest BCUT2D eigenvalue weighted by atomic mass is 10.00. The van der Waals surface area contributed by atoms with Gasteiger partial charge >= 0.3 is 6.09 Å². The fourth-order valence-electron chi connectivity index (χ4n) is 3.77. The Hall–Kier alpha value is -4.10. The largest absolute Gasteiger partial charge is 0.444 e. The summed E-state index contributed by atoms with van der Waals surface area (Å²) in [6.45, 7) is 8.12. The van der Waals surface area contributed by atoms with Crippen LogP contribution >= 0.6 is 11.6 Å². The quantitative estimate of drug-likeness (QED) is 0.374. The summed E-state index contributed by atoms with van der Waals surface area (Å²) >= 11 is 6.33. The molecule has 4 N–H and O–H groups in total. The first kappa shape index (κ1) is 31.1. The van der Waals surface area contributed by atoms with Crippen LogP contribution in [0.5, 0.6) is 0 Å². The van der Waals surface area contributed by atoms with Crippen molar-refractivity contribution in [2.45, 2.75) is 65.1 Å². The fourth-order valence-corrected chi connectivity index (χ4v) is 4.04. The smallest absolute Gasteiger partial charge is 0.408 e. The number of aryl methyl sites for hydroxylation is 2. The first-order chi connectivity index (χ1) is 18.2. The van der Waals surface area contributed by atoms with Crippen molar-refractivity contribution in [2.24, 2.45) is 5.73 Å². The van der Waals surface area contributed by atoms with Gasteiger partial charge in [-0.2, -0.15) is 5.26 Å². The van der Waals surface area contributed by atoms with Gasteiger partial charge in [0.25, 0.3) is 5.91 Å². The zero-order valence-corrected chi connectivity index (χ0v) is 23.5. The predicted octanol–water partition coefficient (Wildman–Crippen LogP) is 4.15. The van der Waals surface area contributed by atoms with E-state index in [1.165, 1.54) is 0 Å². The molecule has 2 aromatic rings. The molecule has 2 rings (SSSR count). The van der Waals surface area contributed by atoms with Crippen molar-refractivity contribution in [1.82, 2.24) is 10.2 Å². The lowest BCUT2D eigenvalue weighted by Crippen LogP contribution is -2.52. The number of hydrogen-bond donors (Lipinski definition) is 3. The molecule has 0 radical (unpaired) electrons. The Morgan fingerprint density at radius 3 is 2.28 bits per heavy atom. The number of carbonyl (C=O) groups is 4. The van der Waals surface area contributed by atoms with Crippen LogP contribution in [0, 0.1) is 25.2 Å². The molecule has 4 amide bonds. The number of halogens is 1. The summed E-state index contributed by atoms with van der Waals surface area (Å²) in [6.07, 6.45) is -1.29. The molecule has 0 aliphatic rings. The van der Waals surface area contributed by atoms with Gasteiger partial charge in [-0.25, -0.2) is 4.79 Å². The molecule has 11 heteroatoms. The molecule has 208 valence electrons. The number of rotatable bonds is 10. The molecule has 0 aromatic heterocycles. The standard InChI is InChI=1S/C28H34ClN5O5/c1-17-9-11-19(12-10-17)24(25(36)33-23-18(2)7-6-8-20(23)29)34(16-15-30)26(37)21(13-14-22(31)35)32-27(38)39-28(3,4)5/h6-12,21,24H,13-14,16H2,1-5H3,(H2,31,35)(H,32,38)(H,33,36). The Bertz CT molecular complexity index is 1230. The second-order valence-corrected chi connectivity index (χ2v) is 10.5. The number of nitrogens with two attached hydrogens (primary N) is 1. The molecular formula is C28H34ClN5O5. The van der Waals surface area contributed by atoms with E-state index in [9.17, 15) is 24.4 Å². The maximum Gasteiger partial charge on any atom is 0.408 e. The average molecular weight is 556 g/mol. The van der Waals surface area contributed by atoms with Crippen LogP contribution in [-0.2, 0) is 19.1 Å². The third-order valence-corrected chi connectivity index (χ3v) is 5.93. The number of carbonyl (C=O) groups excluding carboxylic acids is 4. The molecular weight excluding hydrogens is 522 g/mol. The summed E-state index contributed by atoms with van der Waals surface area (Å²) < 4.78 is 5.28. The van der Waals surface area contributed by atoms with E-state index in [0.717, 1.165) is 10.5 Å². The summed E-state index contributed by atoms with van der Waals surface area (Å²) in [7, 11) is 0. The minimum atomic E-state index is -1.30. The van der Waals surface area contributed by atoms with Gasteiger partial charge in [0, 0.05) is 6.42 Å². The molecule has 2 unspecified atom stereocenters. The summed E-state index contributed by atoms with van der Waals surface area (Å²) in [4.78, 5) is 52.7. The second kappa shape index (κ2) is 13.6. The molecule has 0 heterocycles. The molecule has 0 spiro atoms. The van der Waals surface area contributed by atoms with Crippen LogP contribution in [0.2, 0.25) is 5.02 Å². The second-order valence-electron chi connectivity index (χ2n) is 10.1. The van der Waals surface area contributed by atoms with Crippen molar-refractivity contribution in [2.75, 3.05) is 11.9 Å². The van der Waals surface area contributed by atoms with Crippen molar-refractivity contribution in [3.63, 3.8) is 0 Å². The number of primary amides is 1. The number of nitrogens with one attached hydrogen (secondary N) is 2. The Kier molecular flexibility index (Phi) is 10.9. The van der Waals surface area contributed by atoms with Gasteiger partial charge in [0.2, 0.25) is 11.8 Å². The van der Waals surface area contributed by atoms with Crippen LogP contribution < -0.4 is 16.4 Å². The zero-order chi connectivity index (χ0) is 29.3. The first-order valence-corrected chi connectivity index (χ1v) is 12.7. The van der Waals surface area contributed by atoms with E-state index in [0.29, 0.717) is 21.8 Å². The summed E-state index contributed by atoms with van der Waals surface area (Å²) in [6, 6.07) is 11.4. The molecule has 0 fully saturated rings. The van der Waals surface area contributed by atoms with Crippen LogP contribution in [0.1, 0.15) is 56.3 Å². The number of anilines is 1. The van der Waals surface area contributed by atoms with E-state index in [2.05, 4.69) is 10.6 Å². The predicted molar refractivity (Wildman–Crippen MR) is 148 cm³/mol. The van der Waals surface area contributed by atoms with E-state index in [1.54, 1.807) is 70.2 Å². The van der Waals surface area contributed by atoms with Crippen LogP contribution in [0.3, 0.4) is 0 Å². The minimum Gasteiger partial charge on any atom is -0.444 e. The molecule has 2 aromatic carbocycles. The van der Waals surface area contributed by atoms with E-state index in [4.69, 9.17) is 22.1 Å². The third-order valence-electron chi connectivity index (χ3n) is 5.62. The molecule has 0 aliphatic heterocycles. The highest BCUT2D eigenvalue weighted by molar-refractivity contribution is 6.34. The van der Waals surface area contributed by atoms with E-state index < -0.39 is 48.0 Å². The van der Waals surface area contributed by atoms with Gasteiger partial charge in [-0.1, -0.05) is 53.6 Å². The van der Waals surface area contributed by atoms with Crippen molar-refractivity contribution in [3.05, 3.63) is 64.2 Å². The van der Waals surface area contributed by atoms with Crippen LogP contribution in [0.15, 0.2) is 42.5 Å². The molecule has 0 saturated heterocycles. The molecule has 0 bridgehead atoms. The lowest BCUT2D eigenvalue weighted by Gasteiger charge is -2.33. The van der Waals surface area contributed by atoms with Crippen LogP contribution in [0.25, 0.3) is 0 Å². The Balaban J connectivity index is 2.54. The highest BCUT2D eigenvalue weighted by Crippen LogP contribution is 2.29. The minimum absolute atomic E-state index is 0.165. The molecule has 0 aliphatic carbocycles. The summed E-state index contributed by atoms with van der Waals surface area (Å²) in [5, 5.41) is 15.2. The number of nitrogens with zero attached hydrogens (tertiary/aromatic N) is 2. The molecule has 0 saturated carbocycles. The van der Waals surface area contributed by atoms with Crippen molar-refractivity contribution >= 4 is 41.1 Å². The van der Waals surface area contributed by atoms with Gasteiger partial charge in [-0.15, -0.1) is 0 Å². The van der Waals surface area contributed by atoms with Gasteiger partial charge in [0.15, 0.2) is 0 Å². The van der Waals surface area contributed by atoms with Gasteiger partial charge in [0.05, 0.1) is 16.8 Å². The van der Waals surface area contributed by atoms with Crippen molar-refractivity contribution in [1.29, 1.82) is 5.26 Å². The number of ether oxygens (including phenoxy) is 1. The summed E-state index contributed by atoms with van der Waals surface area (Å²) in [5.74, 6) is -2.07. The Morgan fingerprint density at radius 1 is 1.10 bits per heavy atom. The SMILES string of the molecule is Cc1ccc(C(C(=O)Nc2c(C)cccc2Cl)N(CC#N)C(=O)C(CCC(N)=O)NC(=O)OC(C)(C)C)cc1. The average Bonchev–Trinajstić information content (AvgIpc) is 2.83. The molecule has 10 nitrogen and oxygen atoms in total. The number of amides is 4. The van der Waals surface area contributed by atoms with E-state index in [1.807, 2.05) is 13.0 Å². The first-order valence-electron chi connectivity index (χ1n) is 12.3. The topological polar surface area (TPSA) is 155 Å². The Labute approximate surface area is 233 Å². The highest BCUT2D eigenvalue weighted by atomic mass is 35.5. The number of benzene rings is 2. The third kappa shape index (κ3) is 9.30. The van der Waals surface area contributed by atoms with Crippen molar-refractivity contribution < 1.29 is 23.9 Å². The normalized spacial score (nSPS) is 12.4. The maximum absolute atomic E-state index is 13.9.